The van der Waals surface area contributed by atoms with Gasteiger partial charge in [0, 0.05) is 39.1 Å². The average molecular weight is 459 g/mol. The minimum absolute atomic E-state index is 0.293. The number of hydrogen-bond donors (Lipinski definition) is 2. The number of para-hydroxylation sites is 1. The summed E-state index contributed by atoms with van der Waals surface area (Å²) in [6.07, 6.45) is 1.48. The minimum atomic E-state index is -3.52. The van der Waals surface area contributed by atoms with Crippen LogP contribution >= 0.6 is 0 Å². The average Bonchev–Trinajstić information content (AvgIpc) is 3.42. The van der Waals surface area contributed by atoms with E-state index in [1.807, 2.05) is 18.2 Å². The van der Waals surface area contributed by atoms with Crippen LogP contribution < -0.4 is 20.1 Å². The highest BCUT2D eigenvalue weighted by Crippen LogP contribution is 2.28. The van der Waals surface area contributed by atoms with Crippen LogP contribution in [0.15, 0.2) is 50.5 Å². The second-order valence-corrected chi connectivity index (χ2v) is 9.88. The van der Waals surface area contributed by atoms with Gasteiger partial charge in [-0.1, -0.05) is 6.07 Å². The summed E-state index contributed by atoms with van der Waals surface area (Å²) in [6.45, 7) is 5.18. The van der Waals surface area contributed by atoms with Crippen LogP contribution in [0.25, 0.3) is 11.1 Å². The van der Waals surface area contributed by atoms with E-state index >= 15 is 0 Å². The molecule has 9 nitrogen and oxygen atoms in total. The molecule has 5 rings (SSSR count). The Morgan fingerprint density at radius 1 is 1.09 bits per heavy atom. The molecule has 0 saturated carbocycles. The number of fused-ring (bicyclic) bond motifs is 2. The van der Waals surface area contributed by atoms with Crippen LogP contribution in [0.1, 0.15) is 12.0 Å². The number of aromatic nitrogens is 1. The van der Waals surface area contributed by atoms with Crippen molar-refractivity contribution in [3.05, 3.63) is 52.5 Å². The molecule has 2 aromatic carbocycles. The van der Waals surface area contributed by atoms with Gasteiger partial charge in [-0.15, -0.1) is 0 Å². The van der Waals surface area contributed by atoms with Crippen molar-refractivity contribution in [2.45, 2.75) is 17.7 Å². The van der Waals surface area contributed by atoms with Gasteiger partial charge in [-0.2, -0.15) is 0 Å². The van der Waals surface area contributed by atoms with Crippen molar-refractivity contribution in [1.82, 2.24) is 14.6 Å². The summed E-state index contributed by atoms with van der Waals surface area (Å²) < 4.78 is 38.6. The lowest BCUT2D eigenvalue weighted by molar-refractivity contribution is 0.255. The SMILES string of the molecule is O=c1[nH]c2cccc(N3CCN(CCCNS(=O)(=O)c4ccc5c(c4)CCO5)CC3)c2o1. The number of aromatic amines is 1. The molecule has 10 heteroatoms. The first-order valence-electron chi connectivity index (χ1n) is 10.8. The molecular formula is C22H26N4O5S. The number of rotatable bonds is 7. The van der Waals surface area contributed by atoms with E-state index < -0.39 is 15.8 Å². The van der Waals surface area contributed by atoms with Gasteiger partial charge in [-0.3, -0.25) is 9.88 Å². The fourth-order valence-electron chi connectivity index (χ4n) is 4.34. The van der Waals surface area contributed by atoms with Crippen LogP contribution in [0.3, 0.4) is 0 Å². The fraction of sp³-hybridized carbons (Fsp3) is 0.409. The van der Waals surface area contributed by atoms with Gasteiger partial charge in [0.1, 0.15) is 5.75 Å². The predicted molar refractivity (Wildman–Crippen MR) is 121 cm³/mol. The van der Waals surface area contributed by atoms with Gasteiger partial charge < -0.3 is 14.1 Å². The molecule has 0 bridgehead atoms. The Labute approximate surface area is 186 Å². The van der Waals surface area contributed by atoms with Gasteiger partial charge in [-0.05, 0) is 48.9 Å². The Hall–Kier alpha value is -2.82. The highest BCUT2D eigenvalue weighted by molar-refractivity contribution is 7.89. The van der Waals surface area contributed by atoms with Gasteiger partial charge in [0.15, 0.2) is 5.58 Å². The fourth-order valence-corrected chi connectivity index (χ4v) is 5.47. The highest BCUT2D eigenvalue weighted by atomic mass is 32.2. The lowest BCUT2D eigenvalue weighted by Crippen LogP contribution is -2.47. The summed E-state index contributed by atoms with van der Waals surface area (Å²) in [5, 5.41) is 0. The zero-order chi connectivity index (χ0) is 22.1. The van der Waals surface area contributed by atoms with Crippen LogP contribution in [0.2, 0.25) is 0 Å². The third-order valence-corrected chi connectivity index (χ3v) is 7.51. The Morgan fingerprint density at radius 3 is 2.78 bits per heavy atom. The molecule has 1 fully saturated rings. The summed E-state index contributed by atoms with van der Waals surface area (Å²) >= 11 is 0. The number of hydrogen-bond acceptors (Lipinski definition) is 7. The number of H-pyrrole nitrogens is 1. The lowest BCUT2D eigenvalue weighted by Gasteiger charge is -2.36. The molecule has 2 aliphatic heterocycles. The van der Waals surface area contributed by atoms with Gasteiger partial charge >= 0.3 is 5.76 Å². The number of sulfonamides is 1. The van der Waals surface area contributed by atoms with E-state index in [4.69, 9.17) is 9.15 Å². The largest absolute Gasteiger partial charge is 0.493 e. The maximum Gasteiger partial charge on any atom is 0.417 e. The molecule has 32 heavy (non-hydrogen) atoms. The monoisotopic (exact) mass is 458 g/mol. The van der Waals surface area contributed by atoms with E-state index in [-0.39, 0.29) is 0 Å². The van der Waals surface area contributed by atoms with Crippen molar-refractivity contribution in [3.8, 4) is 5.75 Å². The second kappa shape index (κ2) is 8.61. The summed E-state index contributed by atoms with van der Waals surface area (Å²) in [5.74, 6) is 0.333. The minimum Gasteiger partial charge on any atom is -0.493 e. The van der Waals surface area contributed by atoms with Crippen molar-refractivity contribution in [2.24, 2.45) is 0 Å². The Kier molecular flexibility index (Phi) is 5.66. The third-order valence-electron chi connectivity index (χ3n) is 6.05. The van der Waals surface area contributed by atoms with Crippen LogP contribution in [0.5, 0.6) is 5.75 Å². The summed E-state index contributed by atoms with van der Waals surface area (Å²) in [4.78, 5) is 19.1. The van der Waals surface area contributed by atoms with Crippen molar-refractivity contribution in [3.63, 3.8) is 0 Å². The molecule has 0 spiro atoms. The molecule has 1 saturated heterocycles. The molecule has 2 aliphatic rings. The van der Waals surface area contributed by atoms with Crippen LogP contribution in [-0.4, -0.2) is 64.2 Å². The van der Waals surface area contributed by atoms with Gasteiger partial charge in [-0.25, -0.2) is 17.9 Å². The van der Waals surface area contributed by atoms with Gasteiger partial charge in [0.05, 0.1) is 22.7 Å². The topological polar surface area (TPSA) is 108 Å². The first-order chi connectivity index (χ1) is 15.5. The van der Waals surface area contributed by atoms with Crippen LogP contribution in [-0.2, 0) is 16.4 Å². The standard InChI is InChI=1S/C22H26N4O5S/c27-22-24-18-3-1-4-19(21(18)31-22)26-12-10-25(11-13-26)9-2-8-23-32(28,29)17-5-6-20-16(15-17)7-14-30-20/h1,3-6,15,23H,2,7-14H2,(H,24,27). The van der Waals surface area contributed by atoms with Crippen LogP contribution in [0.4, 0.5) is 5.69 Å². The third kappa shape index (κ3) is 4.25. The zero-order valence-electron chi connectivity index (χ0n) is 17.7. The van der Waals surface area contributed by atoms with Crippen molar-refractivity contribution in [1.29, 1.82) is 0 Å². The number of anilines is 1. The molecular weight excluding hydrogens is 432 g/mol. The summed E-state index contributed by atoms with van der Waals surface area (Å²) in [5.41, 5.74) is 3.17. The smallest absolute Gasteiger partial charge is 0.417 e. The van der Waals surface area contributed by atoms with E-state index in [0.29, 0.717) is 29.1 Å². The molecule has 170 valence electrons. The summed E-state index contributed by atoms with van der Waals surface area (Å²) in [7, 11) is -3.52. The summed E-state index contributed by atoms with van der Waals surface area (Å²) in [6, 6.07) is 10.7. The lowest BCUT2D eigenvalue weighted by atomic mass is 10.2. The number of piperazine rings is 1. The quantitative estimate of drug-likeness (QED) is 0.517. The van der Waals surface area contributed by atoms with E-state index in [1.54, 1.807) is 18.2 Å². The number of benzene rings is 2. The molecule has 1 aromatic heterocycles. The Morgan fingerprint density at radius 2 is 1.94 bits per heavy atom. The maximum absolute atomic E-state index is 12.6. The molecule has 0 atom stereocenters. The van der Waals surface area contributed by atoms with Gasteiger partial charge in [0.2, 0.25) is 10.0 Å². The number of nitrogens with zero attached hydrogens (tertiary/aromatic N) is 2. The number of oxazole rings is 1. The molecule has 0 radical (unpaired) electrons. The molecule has 0 amide bonds. The Balaban J connectivity index is 1.10. The van der Waals surface area contributed by atoms with Gasteiger partial charge in [0.25, 0.3) is 0 Å². The number of nitrogens with one attached hydrogen (secondary N) is 2. The van der Waals surface area contributed by atoms with E-state index in [2.05, 4.69) is 19.5 Å². The zero-order valence-corrected chi connectivity index (χ0v) is 18.5. The van der Waals surface area contributed by atoms with E-state index in [9.17, 15) is 13.2 Å². The van der Waals surface area contributed by atoms with E-state index in [1.165, 1.54) is 0 Å². The molecule has 2 N–H and O–H groups in total. The first-order valence-corrected chi connectivity index (χ1v) is 12.3. The normalized spacial score (nSPS) is 16.9. The van der Waals surface area contributed by atoms with E-state index in [0.717, 1.165) is 62.6 Å². The molecule has 0 aliphatic carbocycles. The Bertz CT molecular complexity index is 1270. The molecule has 0 unspecified atom stereocenters. The van der Waals surface area contributed by atoms with Crippen molar-refractivity contribution >= 4 is 26.8 Å². The van der Waals surface area contributed by atoms with Crippen LogP contribution in [0, 0.1) is 0 Å². The highest BCUT2D eigenvalue weighted by Gasteiger charge is 2.21. The molecule has 3 aromatic rings. The molecule has 3 heterocycles. The predicted octanol–water partition coefficient (Wildman–Crippen LogP) is 1.55. The maximum atomic E-state index is 12.6. The van der Waals surface area contributed by atoms with Crippen molar-refractivity contribution < 1.29 is 17.6 Å². The number of ether oxygens (including phenoxy) is 1. The van der Waals surface area contributed by atoms with Crippen molar-refractivity contribution in [2.75, 3.05) is 50.8 Å². The first kappa shape index (κ1) is 21.0. The second-order valence-electron chi connectivity index (χ2n) is 8.12.